The zero-order valence-corrected chi connectivity index (χ0v) is 20.5. The van der Waals surface area contributed by atoms with Gasteiger partial charge in [0.05, 0.1) is 11.1 Å². The summed E-state index contributed by atoms with van der Waals surface area (Å²) in [6.45, 7) is 8.55. The molecule has 0 heterocycles. The molecule has 0 aliphatic heterocycles. The maximum atomic E-state index is 12.5. The van der Waals surface area contributed by atoms with E-state index in [0.717, 1.165) is 6.42 Å². The molecule has 166 valence electrons. The van der Waals surface area contributed by atoms with Crippen molar-refractivity contribution in [2.75, 3.05) is 17.2 Å². The number of ether oxygens (including phenoxy) is 1. The van der Waals surface area contributed by atoms with Crippen LogP contribution >= 0.6 is 28.1 Å². The van der Waals surface area contributed by atoms with E-state index in [2.05, 4.69) is 45.7 Å². The second-order valence-electron chi connectivity index (χ2n) is 7.81. The minimum Gasteiger partial charge on any atom is -0.492 e. The van der Waals surface area contributed by atoms with Gasteiger partial charge in [-0.25, -0.2) is 0 Å². The molecule has 0 atom stereocenters. The Morgan fingerprint density at radius 1 is 1.03 bits per heavy atom. The summed E-state index contributed by atoms with van der Waals surface area (Å²) in [7, 11) is 0. The Kier molecular flexibility index (Phi) is 9.45. The highest BCUT2D eigenvalue weighted by Gasteiger charge is 2.12. The number of thiocarbonyl (C=S) groups is 1. The normalized spacial score (nSPS) is 10.7. The Morgan fingerprint density at radius 3 is 2.32 bits per heavy atom. The van der Waals surface area contributed by atoms with E-state index in [-0.39, 0.29) is 22.8 Å². The van der Waals surface area contributed by atoms with E-state index in [4.69, 9.17) is 17.0 Å². The molecule has 0 saturated heterocycles. The minimum atomic E-state index is -0.337. The summed E-state index contributed by atoms with van der Waals surface area (Å²) in [4.78, 5) is 24.4. The molecule has 2 amide bonds. The lowest BCUT2D eigenvalue weighted by molar-refractivity contribution is -0.118. The molecule has 0 aliphatic carbocycles. The van der Waals surface area contributed by atoms with Crippen molar-refractivity contribution in [3.8, 4) is 5.75 Å². The number of benzene rings is 2. The van der Waals surface area contributed by atoms with Gasteiger partial charge in [-0.05, 0) is 76.9 Å². The van der Waals surface area contributed by atoms with Crippen molar-refractivity contribution in [3.05, 3.63) is 52.5 Å². The summed E-state index contributed by atoms with van der Waals surface area (Å²) in [5.41, 5.74) is 1.75. The van der Waals surface area contributed by atoms with Crippen molar-refractivity contribution in [2.45, 2.75) is 34.1 Å². The molecule has 0 fully saturated rings. The van der Waals surface area contributed by atoms with Crippen LogP contribution in [0.1, 0.15) is 44.5 Å². The summed E-state index contributed by atoms with van der Waals surface area (Å²) in [6, 6.07) is 12.3. The number of hydrogen-bond acceptors (Lipinski definition) is 4. The van der Waals surface area contributed by atoms with Crippen molar-refractivity contribution >= 4 is 56.4 Å². The lowest BCUT2D eigenvalue weighted by atomic mass is 10.1. The first-order valence-electron chi connectivity index (χ1n) is 10.1. The van der Waals surface area contributed by atoms with Crippen LogP contribution in [0, 0.1) is 11.8 Å². The molecule has 0 unspecified atom stereocenters. The van der Waals surface area contributed by atoms with Gasteiger partial charge in [0.2, 0.25) is 5.91 Å². The number of nitrogens with one attached hydrogen (secondary N) is 3. The maximum Gasteiger partial charge on any atom is 0.257 e. The van der Waals surface area contributed by atoms with Gasteiger partial charge in [0.1, 0.15) is 5.75 Å². The van der Waals surface area contributed by atoms with Gasteiger partial charge in [0, 0.05) is 22.9 Å². The van der Waals surface area contributed by atoms with Crippen LogP contribution in [0.3, 0.4) is 0 Å². The Bertz CT molecular complexity index is 947. The highest BCUT2D eigenvalue weighted by molar-refractivity contribution is 9.10. The molecule has 2 aromatic rings. The Morgan fingerprint density at radius 2 is 1.71 bits per heavy atom. The topological polar surface area (TPSA) is 79.5 Å². The molecule has 2 rings (SSSR count). The molecule has 6 nitrogen and oxygen atoms in total. The van der Waals surface area contributed by atoms with Gasteiger partial charge in [0.25, 0.3) is 5.91 Å². The molecule has 0 bridgehead atoms. The Labute approximate surface area is 197 Å². The first kappa shape index (κ1) is 24.8. The fraction of sp³-hybridized carbons (Fsp3) is 0.348. The lowest BCUT2D eigenvalue weighted by Crippen LogP contribution is -2.34. The molecule has 2 aromatic carbocycles. The van der Waals surface area contributed by atoms with Gasteiger partial charge in [0.15, 0.2) is 5.11 Å². The lowest BCUT2D eigenvalue weighted by Gasteiger charge is -2.13. The highest BCUT2D eigenvalue weighted by atomic mass is 79.9. The molecule has 0 aliphatic rings. The molecule has 8 heteroatoms. The van der Waals surface area contributed by atoms with E-state index in [1.807, 2.05) is 13.8 Å². The number of rotatable bonds is 8. The van der Waals surface area contributed by atoms with Crippen molar-refractivity contribution in [3.63, 3.8) is 0 Å². The van der Waals surface area contributed by atoms with E-state index in [0.29, 0.717) is 39.7 Å². The summed E-state index contributed by atoms with van der Waals surface area (Å²) in [5, 5.41) is 8.61. The van der Waals surface area contributed by atoms with Crippen LogP contribution in [0.25, 0.3) is 0 Å². The third-order valence-electron chi connectivity index (χ3n) is 4.29. The van der Waals surface area contributed by atoms with Gasteiger partial charge in [-0.2, -0.15) is 0 Å². The van der Waals surface area contributed by atoms with Gasteiger partial charge >= 0.3 is 0 Å². The van der Waals surface area contributed by atoms with E-state index in [1.165, 1.54) is 0 Å². The molecule has 0 spiro atoms. The summed E-state index contributed by atoms with van der Waals surface area (Å²) < 4.78 is 6.45. The molecule has 0 saturated carbocycles. The number of hydrogen-bond donors (Lipinski definition) is 3. The Hall–Kier alpha value is -2.45. The SMILES string of the molecule is CC(C)CCOc1ccc(C(=O)NC(=S)Nc2cccc(NC(=O)C(C)C)c2)cc1Br. The predicted octanol–water partition coefficient (Wildman–Crippen LogP) is 5.60. The van der Waals surface area contributed by atoms with Crippen LogP contribution in [0.5, 0.6) is 5.75 Å². The Balaban J connectivity index is 1.94. The highest BCUT2D eigenvalue weighted by Crippen LogP contribution is 2.26. The number of carbonyl (C=O) groups excluding carboxylic acids is 2. The first-order chi connectivity index (χ1) is 14.7. The smallest absolute Gasteiger partial charge is 0.257 e. The molecule has 3 N–H and O–H groups in total. The third-order valence-corrected chi connectivity index (χ3v) is 5.11. The van der Waals surface area contributed by atoms with Gasteiger partial charge < -0.3 is 15.4 Å². The summed E-state index contributed by atoms with van der Waals surface area (Å²) in [6.07, 6.45) is 0.955. The fourth-order valence-electron chi connectivity index (χ4n) is 2.46. The van der Waals surface area contributed by atoms with E-state index >= 15 is 0 Å². The average molecular weight is 506 g/mol. The zero-order valence-electron chi connectivity index (χ0n) is 18.1. The maximum absolute atomic E-state index is 12.5. The predicted molar refractivity (Wildman–Crippen MR) is 133 cm³/mol. The van der Waals surface area contributed by atoms with Crippen LogP contribution in [-0.4, -0.2) is 23.5 Å². The average Bonchev–Trinajstić information content (AvgIpc) is 2.68. The first-order valence-corrected chi connectivity index (χ1v) is 11.3. The van der Waals surface area contributed by atoms with Crippen LogP contribution in [0.4, 0.5) is 11.4 Å². The molecule has 0 radical (unpaired) electrons. The summed E-state index contributed by atoms with van der Waals surface area (Å²) in [5.74, 6) is 0.720. The third kappa shape index (κ3) is 8.30. The van der Waals surface area contributed by atoms with E-state index < -0.39 is 0 Å². The summed E-state index contributed by atoms with van der Waals surface area (Å²) >= 11 is 8.71. The van der Waals surface area contributed by atoms with Gasteiger partial charge in [-0.15, -0.1) is 0 Å². The quantitative estimate of drug-likeness (QED) is 0.407. The van der Waals surface area contributed by atoms with Crippen molar-refractivity contribution in [1.82, 2.24) is 5.32 Å². The standard InChI is InChI=1S/C23H28BrN3O3S/c1-14(2)10-11-30-20-9-8-16(12-19(20)24)22(29)27-23(31)26-18-7-5-6-17(13-18)25-21(28)15(3)4/h5-9,12-15H,10-11H2,1-4H3,(H,25,28)(H2,26,27,29,31). The van der Waals surface area contributed by atoms with Crippen LogP contribution < -0.4 is 20.7 Å². The monoisotopic (exact) mass is 505 g/mol. The molecule has 31 heavy (non-hydrogen) atoms. The van der Waals surface area contributed by atoms with Gasteiger partial charge in [-0.3, -0.25) is 14.9 Å². The number of anilines is 2. The number of halogens is 1. The fourth-order valence-corrected chi connectivity index (χ4v) is 3.17. The van der Waals surface area contributed by atoms with Crippen molar-refractivity contribution in [1.29, 1.82) is 0 Å². The number of amides is 2. The van der Waals surface area contributed by atoms with Crippen LogP contribution in [0.2, 0.25) is 0 Å². The molecular formula is C23H28BrN3O3S. The van der Waals surface area contributed by atoms with Gasteiger partial charge in [-0.1, -0.05) is 33.8 Å². The largest absolute Gasteiger partial charge is 0.492 e. The van der Waals surface area contributed by atoms with Crippen molar-refractivity contribution in [2.24, 2.45) is 11.8 Å². The van der Waals surface area contributed by atoms with Crippen LogP contribution in [-0.2, 0) is 4.79 Å². The van der Waals surface area contributed by atoms with Crippen molar-refractivity contribution < 1.29 is 14.3 Å². The second kappa shape index (κ2) is 11.8. The molecular weight excluding hydrogens is 478 g/mol. The second-order valence-corrected chi connectivity index (χ2v) is 9.07. The number of carbonyl (C=O) groups is 2. The van der Waals surface area contributed by atoms with Crippen LogP contribution in [0.15, 0.2) is 46.9 Å². The van der Waals surface area contributed by atoms with E-state index in [9.17, 15) is 9.59 Å². The van der Waals surface area contributed by atoms with E-state index in [1.54, 1.807) is 42.5 Å². The molecule has 0 aromatic heterocycles. The zero-order chi connectivity index (χ0) is 23.0. The minimum absolute atomic E-state index is 0.0739.